The minimum absolute atomic E-state index is 0.385. The fourth-order valence-electron chi connectivity index (χ4n) is 1.89. The van der Waals surface area contributed by atoms with E-state index in [4.69, 9.17) is 0 Å². The predicted molar refractivity (Wildman–Crippen MR) is 84.5 cm³/mol. The maximum Gasteiger partial charge on any atom is 0.242 e. The van der Waals surface area contributed by atoms with E-state index in [0.717, 1.165) is 17.9 Å². The van der Waals surface area contributed by atoms with Gasteiger partial charge in [-0.2, -0.15) is 11.8 Å². The average molecular weight is 314 g/mol. The van der Waals surface area contributed by atoms with E-state index >= 15 is 0 Å². The van der Waals surface area contributed by atoms with Gasteiger partial charge in [0.2, 0.25) is 10.0 Å². The van der Waals surface area contributed by atoms with Crippen molar-refractivity contribution >= 4 is 21.8 Å². The van der Waals surface area contributed by atoms with E-state index in [0.29, 0.717) is 17.5 Å². The molecule has 1 aliphatic carbocycles. The van der Waals surface area contributed by atoms with Gasteiger partial charge in [0.1, 0.15) is 0 Å². The van der Waals surface area contributed by atoms with Crippen molar-refractivity contribution in [2.75, 3.05) is 25.6 Å². The maximum absolute atomic E-state index is 12.4. The number of nitrogens with one attached hydrogen (secondary N) is 1. The van der Waals surface area contributed by atoms with Crippen molar-refractivity contribution in [3.63, 3.8) is 0 Å². The van der Waals surface area contributed by atoms with E-state index in [1.807, 2.05) is 18.4 Å². The molecule has 2 rings (SSSR count). The van der Waals surface area contributed by atoms with Crippen molar-refractivity contribution in [2.24, 2.45) is 0 Å². The van der Waals surface area contributed by atoms with Crippen LogP contribution in [-0.4, -0.2) is 44.4 Å². The minimum Gasteiger partial charge on any atom is -0.310 e. The van der Waals surface area contributed by atoms with Gasteiger partial charge in [0.05, 0.1) is 4.90 Å². The highest BCUT2D eigenvalue weighted by Gasteiger charge is 2.22. The number of hydrogen-bond donors (Lipinski definition) is 1. The van der Waals surface area contributed by atoms with Crippen molar-refractivity contribution in [1.82, 2.24) is 9.62 Å². The molecule has 0 spiro atoms. The molecule has 112 valence electrons. The van der Waals surface area contributed by atoms with Gasteiger partial charge in [-0.15, -0.1) is 0 Å². The maximum atomic E-state index is 12.4. The average Bonchev–Trinajstić information content (AvgIpc) is 3.27. The van der Waals surface area contributed by atoms with Crippen molar-refractivity contribution in [3.8, 4) is 0 Å². The molecule has 20 heavy (non-hydrogen) atoms. The molecule has 0 bridgehead atoms. The second-order valence-corrected chi connectivity index (χ2v) is 8.15. The Morgan fingerprint density at radius 2 is 2.15 bits per heavy atom. The van der Waals surface area contributed by atoms with Crippen LogP contribution in [0.2, 0.25) is 0 Å². The lowest BCUT2D eigenvalue weighted by molar-refractivity contribution is 0.488. The normalized spacial score (nSPS) is 15.8. The molecule has 1 N–H and O–H groups in total. The van der Waals surface area contributed by atoms with E-state index in [1.165, 1.54) is 17.1 Å². The van der Waals surface area contributed by atoms with Crippen LogP contribution in [0.3, 0.4) is 0 Å². The van der Waals surface area contributed by atoms with Crippen LogP contribution in [0.1, 0.15) is 18.4 Å². The lowest BCUT2D eigenvalue weighted by atomic mass is 10.2. The largest absolute Gasteiger partial charge is 0.310 e. The SMILES string of the molecule is CSCCN(C)S(=O)(=O)c1cccc(CNC2CC2)c1. The second kappa shape index (κ2) is 6.93. The third-order valence-electron chi connectivity index (χ3n) is 3.39. The molecule has 1 aliphatic rings. The lowest BCUT2D eigenvalue weighted by Crippen LogP contribution is -2.29. The molecule has 1 fully saturated rings. The standard InChI is InChI=1S/C14H22N2O2S2/c1-16(8-9-19-2)20(17,18)14-5-3-4-12(10-14)11-15-13-6-7-13/h3-5,10,13,15H,6-9,11H2,1-2H3. The quantitative estimate of drug-likeness (QED) is 0.796. The third kappa shape index (κ3) is 4.22. The highest BCUT2D eigenvalue weighted by Crippen LogP contribution is 2.20. The molecule has 6 heteroatoms. The van der Waals surface area contributed by atoms with Gasteiger partial charge in [0, 0.05) is 31.9 Å². The van der Waals surface area contributed by atoms with Crippen molar-refractivity contribution in [2.45, 2.75) is 30.3 Å². The van der Waals surface area contributed by atoms with E-state index in [2.05, 4.69) is 5.32 Å². The zero-order valence-electron chi connectivity index (χ0n) is 12.0. The first-order chi connectivity index (χ1) is 9.54. The highest BCUT2D eigenvalue weighted by atomic mass is 32.2. The van der Waals surface area contributed by atoms with Crippen LogP contribution in [-0.2, 0) is 16.6 Å². The van der Waals surface area contributed by atoms with Gasteiger partial charge >= 0.3 is 0 Å². The summed E-state index contributed by atoms with van der Waals surface area (Å²) in [6.07, 6.45) is 4.44. The fraction of sp³-hybridized carbons (Fsp3) is 0.571. The minimum atomic E-state index is -3.36. The zero-order chi connectivity index (χ0) is 14.6. The Hall–Kier alpha value is -0.560. The zero-order valence-corrected chi connectivity index (χ0v) is 13.6. The van der Waals surface area contributed by atoms with Crippen LogP contribution < -0.4 is 5.32 Å². The molecule has 0 unspecified atom stereocenters. The summed E-state index contributed by atoms with van der Waals surface area (Å²) in [7, 11) is -1.72. The summed E-state index contributed by atoms with van der Waals surface area (Å²) < 4.78 is 26.3. The topological polar surface area (TPSA) is 49.4 Å². The van der Waals surface area contributed by atoms with Gasteiger partial charge in [-0.05, 0) is 36.8 Å². The molecule has 0 amide bonds. The molecule has 0 aliphatic heterocycles. The third-order valence-corrected chi connectivity index (χ3v) is 5.83. The molecule has 0 saturated heterocycles. The van der Waals surface area contributed by atoms with Gasteiger partial charge in [-0.3, -0.25) is 0 Å². The summed E-state index contributed by atoms with van der Waals surface area (Å²) >= 11 is 1.65. The lowest BCUT2D eigenvalue weighted by Gasteiger charge is -2.17. The summed E-state index contributed by atoms with van der Waals surface area (Å²) in [6.45, 7) is 1.27. The van der Waals surface area contributed by atoms with Crippen molar-refractivity contribution in [3.05, 3.63) is 29.8 Å². The van der Waals surface area contributed by atoms with E-state index in [1.54, 1.807) is 30.9 Å². The summed E-state index contributed by atoms with van der Waals surface area (Å²) in [4.78, 5) is 0.385. The first-order valence-electron chi connectivity index (χ1n) is 6.81. The molecular weight excluding hydrogens is 292 g/mol. The Kier molecular flexibility index (Phi) is 5.49. The molecule has 0 aromatic heterocycles. The van der Waals surface area contributed by atoms with Crippen LogP contribution >= 0.6 is 11.8 Å². The molecule has 1 aromatic rings. The second-order valence-electron chi connectivity index (χ2n) is 5.12. The number of rotatable bonds is 8. The number of thioether (sulfide) groups is 1. The van der Waals surface area contributed by atoms with Crippen LogP contribution in [0.4, 0.5) is 0 Å². The van der Waals surface area contributed by atoms with Gasteiger partial charge < -0.3 is 5.32 Å². The van der Waals surface area contributed by atoms with E-state index < -0.39 is 10.0 Å². The summed E-state index contributed by atoms with van der Waals surface area (Å²) in [5.41, 5.74) is 1.02. The Morgan fingerprint density at radius 3 is 2.80 bits per heavy atom. The Morgan fingerprint density at radius 1 is 1.40 bits per heavy atom. The fourth-order valence-corrected chi connectivity index (χ4v) is 3.70. The first-order valence-corrected chi connectivity index (χ1v) is 9.65. The van der Waals surface area contributed by atoms with E-state index in [9.17, 15) is 8.42 Å². The van der Waals surface area contributed by atoms with E-state index in [-0.39, 0.29) is 0 Å². The summed E-state index contributed by atoms with van der Waals surface area (Å²) in [6, 6.07) is 7.86. The number of sulfonamides is 1. The number of hydrogen-bond acceptors (Lipinski definition) is 4. The Bertz CT molecular complexity index is 542. The molecule has 0 radical (unpaired) electrons. The molecule has 0 atom stereocenters. The number of benzene rings is 1. The van der Waals surface area contributed by atoms with Crippen molar-refractivity contribution in [1.29, 1.82) is 0 Å². The van der Waals surface area contributed by atoms with Gasteiger partial charge in [-0.1, -0.05) is 12.1 Å². The summed E-state index contributed by atoms with van der Waals surface area (Å²) in [5, 5.41) is 3.40. The van der Waals surface area contributed by atoms with Gasteiger partial charge in [0.15, 0.2) is 0 Å². The molecule has 1 saturated carbocycles. The molecule has 4 nitrogen and oxygen atoms in total. The summed E-state index contributed by atoms with van der Waals surface area (Å²) in [5.74, 6) is 0.804. The molecule has 1 aromatic carbocycles. The van der Waals surface area contributed by atoms with Crippen LogP contribution in [0, 0.1) is 0 Å². The van der Waals surface area contributed by atoms with Gasteiger partial charge in [-0.25, -0.2) is 12.7 Å². The van der Waals surface area contributed by atoms with Crippen molar-refractivity contribution < 1.29 is 8.42 Å². The smallest absolute Gasteiger partial charge is 0.242 e. The highest BCUT2D eigenvalue weighted by molar-refractivity contribution is 7.98. The van der Waals surface area contributed by atoms with Crippen LogP contribution in [0.15, 0.2) is 29.2 Å². The molecule has 0 heterocycles. The van der Waals surface area contributed by atoms with Crippen LogP contribution in [0.5, 0.6) is 0 Å². The van der Waals surface area contributed by atoms with Crippen LogP contribution in [0.25, 0.3) is 0 Å². The Balaban J connectivity index is 2.07. The van der Waals surface area contributed by atoms with Gasteiger partial charge in [0.25, 0.3) is 0 Å². The monoisotopic (exact) mass is 314 g/mol. The molecular formula is C14H22N2O2S2. The number of nitrogens with zero attached hydrogens (tertiary/aromatic N) is 1. The first kappa shape index (κ1) is 15.8. The Labute approximate surface area is 126 Å². The predicted octanol–water partition coefficient (Wildman–Crippen LogP) is 1.92.